The van der Waals surface area contributed by atoms with Crippen LogP contribution in [0.4, 0.5) is 0 Å². The Kier molecular flexibility index (Phi) is 3.07. The summed E-state index contributed by atoms with van der Waals surface area (Å²) in [6.45, 7) is 4.69. The molecule has 0 aromatic heterocycles. The smallest absolute Gasteiger partial charge is 0.0824 e. The minimum atomic E-state index is -0.0902. The van der Waals surface area contributed by atoms with E-state index in [9.17, 15) is 0 Å². The zero-order valence-electron chi connectivity index (χ0n) is 8.79. The van der Waals surface area contributed by atoms with Crippen LogP contribution in [0.2, 0.25) is 0 Å². The van der Waals surface area contributed by atoms with Crippen molar-refractivity contribution in [2.45, 2.75) is 37.8 Å². The first kappa shape index (κ1) is 10.4. The van der Waals surface area contributed by atoms with Gasteiger partial charge in [-0.1, -0.05) is 0 Å². The Balaban J connectivity index is 2.03. The molecule has 0 spiro atoms. The van der Waals surface area contributed by atoms with Crippen LogP contribution in [-0.4, -0.2) is 31.5 Å². The maximum atomic E-state index is 5.81. The fraction of sp³-hybridized carbons (Fsp3) is 1.00. The SMILES string of the molecule is CC1(C(NN)C2CCOC2)CCCO1. The van der Waals surface area contributed by atoms with Crippen LogP contribution >= 0.6 is 0 Å². The monoisotopic (exact) mass is 200 g/mol. The van der Waals surface area contributed by atoms with E-state index in [-0.39, 0.29) is 11.6 Å². The van der Waals surface area contributed by atoms with Gasteiger partial charge < -0.3 is 9.47 Å². The zero-order valence-corrected chi connectivity index (χ0v) is 8.79. The number of hydrogen-bond donors (Lipinski definition) is 2. The molecule has 2 fully saturated rings. The lowest BCUT2D eigenvalue weighted by Gasteiger charge is -2.36. The number of hydrogen-bond acceptors (Lipinski definition) is 4. The second-order valence-electron chi connectivity index (χ2n) is 4.53. The Labute approximate surface area is 85.1 Å². The van der Waals surface area contributed by atoms with Gasteiger partial charge in [-0.05, 0) is 26.2 Å². The van der Waals surface area contributed by atoms with E-state index in [4.69, 9.17) is 15.3 Å². The molecule has 0 saturated carbocycles. The molecule has 3 unspecified atom stereocenters. The highest BCUT2D eigenvalue weighted by Crippen LogP contribution is 2.34. The molecule has 2 aliphatic rings. The maximum Gasteiger partial charge on any atom is 0.0824 e. The summed E-state index contributed by atoms with van der Waals surface area (Å²) in [5.74, 6) is 6.13. The predicted molar refractivity (Wildman–Crippen MR) is 53.6 cm³/mol. The van der Waals surface area contributed by atoms with E-state index in [0.717, 1.165) is 39.1 Å². The molecule has 2 heterocycles. The number of ether oxygens (including phenoxy) is 2. The standard InChI is InChI=1S/C10H20N2O2/c1-10(4-2-5-14-10)9(12-11)8-3-6-13-7-8/h8-9,12H,2-7,11H2,1H3. The third kappa shape index (κ3) is 1.80. The third-order valence-electron chi connectivity index (χ3n) is 3.52. The van der Waals surface area contributed by atoms with E-state index in [2.05, 4.69) is 12.3 Å². The van der Waals surface area contributed by atoms with Crippen LogP contribution in [0.1, 0.15) is 26.2 Å². The lowest BCUT2D eigenvalue weighted by molar-refractivity contribution is -0.0299. The van der Waals surface area contributed by atoms with Gasteiger partial charge in [-0.3, -0.25) is 11.3 Å². The number of hydrazine groups is 1. The van der Waals surface area contributed by atoms with Crippen molar-refractivity contribution in [3.63, 3.8) is 0 Å². The molecule has 4 nitrogen and oxygen atoms in total. The molecule has 2 saturated heterocycles. The lowest BCUT2D eigenvalue weighted by atomic mass is 9.84. The number of nitrogens with one attached hydrogen (secondary N) is 1. The van der Waals surface area contributed by atoms with Gasteiger partial charge in [0.05, 0.1) is 18.2 Å². The molecule has 0 amide bonds. The first-order valence-corrected chi connectivity index (χ1v) is 5.44. The van der Waals surface area contributed by atoms with Gasteiger partial charge in [0.15, 0.2) is 0 Å². The summed E-state index contributed by atoms with van der Waals surface area (Å²) < 4.78 is 11.2. The Bertz CT molecular complexity index is 187. The quantitative estimate of drug-likeness (QED) is 0.512. The largest absolute Gasteiger partial charge is 0.381 e. The van der Waals surface area contributed by atoms with Crippen LogP contribution in [0.25, 0.3) is 0 Å². The van der Waals surface area contributed by atoms with Crippen molar-refractivity contribution in [1.29, 1.82) is 0 Å². The van der Waals surface area contributed by atoms with Crippen LogP contribution < -0.4 is 11.3 Å². The molecule has 0 aromatic carbocycles. The Morgan fingerprint density at radius 3 is 2.86 bits per heavy atom. The molecule has 14 heavy (non-hydrogen) atoms. The van der Waals surface area contributed by atoms with Gasteiger partial charge in [0.2, 0.25) is 0 Å². The van der Waals surface area contributed by atoms with E-state index < -0.39 is 0 Å². The summed E-state index contributed by atoms with van der Waals surface area (Å²) in [5, 5.41) is 0. The van der Waals surface area contributed by atoms with Crippen LogP contribution in [0.5, 0.6) is 0 Å². The van der Waals surface area contributed by atoms with Gasteiger partial charge in [-0.2, -0.15) is 0 Å². The van der Waals surface area contributed by atoms with Gasteiger partial charge in [0, 0.05) is 19.1 Å². The molecular formula is C10H20N2O2. The highest BCUT2D eigenvalue weighted by atomic mass is 16.5. The fourth-order valence-corrected chi connectivity index (χ4v) is 2.67. The molecular weight excluding hydrogens is 180 g/mol. The van der Waals surface area contributed by atoms with E-state index in [1.165, 1.54) is 0 Å². The van der Waals surface area contributed by atoms with Crippen molar-refractivity contribution in [2.24, 2.45) is 11.8 Å². The van der Waals surface area contributed by atoms with Crippen LogP contribution in [-0.2, 0) is 9.47 Å². The molecule has 2 aliphatic heterocycles. The molecule has 0 aromatic rings. The second-order valence-corrected chi connectivity index (χ2v) is 4.53. The van der Waals surface area contributed by atoms with Crippen LogP contribution in [0, 0.1) is 5.92 Å². The van der Waals surface area contributed by atoms with Crippen molar-refractivity contribution in [3.05, 3.63) is 0 Å². The third-order valence-corrected chi connectivity index (χ3v) is 3.52. The molecule has 2 rings (SSSR count). The minimum Gasteiger partial charge on any atom is -0.381 e. The van der Waals surface area contributed by atoms with E-state index >= 15 is 0 Å². The summed E-state index contributed by atoms with van der Waals surface area (Å²) in [4.78, 5) is 0. The van der Waals surface area contributed by atoms with Crippen LogP contribution in [0.3, 0.4) is 0 Å². The summed E-state index contributed by atoms with van der Waals surface area (Å²) in [7, 11) is 0. The predicted octanol–water partition coefficient (Wildman–Crippen LogP) is 0.424. The molecule has 3 atom stereocenters. The number of rotatable bonds is 3. The summed E-state index contributed by atoms with van der Waals surface area (Å²) in [6, 6.07) is 0.229. The molecule has 0 aliphatic carbocycles. The maximum absolute atomic E-state index is 5.81. The highest BCUT2D eigenvalue weighted by molar-refractivity contribution is 4.96. The summed E-state index contributed by atoms with van der Waals surface area (Å²) in [6.07, 6.45) is 3.33. The highest BCUT2D eigenvalue weighted by Gasteiger charge is 2.43. The first-order chi connectivity index (χ1) is 6.76. The Morgan fingerprint density at radius 2 is 2.36 bits per heavy atom. The summed E-state index contributed by atoms with van der Waals surface area (Å²) in [5.41, 5.74) is 2.83. The zero-order chi connectivity index (χ0) is 10.0. The Hall–Kier alpha value is -0.160. The molecule has 0 bridgehead atoms. The summed E-state index contributed by atoms with van der Waals surface area (Å²) >= 11 is 0. The Morgan fingerprint density at radius 1 is 1.50 bits per heavy atom. The van der Waals surface area contributed by atoms with E-state index in [0.29, 0.717) is 5.92 Å². The van der Waals surface area contributed by atoms with E-state index in [1.807, 2.05) is 0 Å². The number of nitrogens with two attached hydrogens (primary N) is 1. The average Bonchev–Trinajstić information content (AvgIpc) is 2.78. The molecule has 4 heteroatoms. The minimum absolute atomic E-state index is 0.0902. The van der Waals surface area contributed by atoms with Gasteiger partial charge in [-0.15, -0.1) is 0 Å². The van der Waals surface area contributed by atoms with Gasteiger partial charge >= 0.3 is 0 Å². The van der Waals surface area contributed by atoms with Crippen molar-refractivity contribution in [2.75, 3.05) is 19.8 Å². The van der Waals surface area contributed by atoms with Crippen molar-refractivity contribution >= 4 is 0 Å². The van der Waals surface area contributed by atoms with Crippen molar-refractivity contribution in [3.8, 4) is 0 Å². The van der Waals surface area contributed by atoms with Crippen LogP contribution in [0.15, 0.2) is 0 Å². The molecule has 0 radical (unpaired) electrons. The van der Waals surface area contributed by atoms with Gasteiger partial charge in [0.1, 0.15) is 0 Å². The topological polar surface area (TPSA) is 56.5 Å². The normalized spacial score (nSPS) is 40.3. The first-order valence-electron chi connectivity index (χ1n) is 5.44. The van der Waals surface area contributed by atoms with Gasteiger partial charge in [-0.25, -0.2) is 0 Å². The lowest BCUT2D eigenvalue weighted by Crippen LogP contribution is -2.55. The average molecular weight is 200 g/mol. The fourth-order valence-electron chi connectivity index (χ4n) is 2.67. The molecule has 82 valence electrons. The molecule has 3 N–H and O–H groups in total. The second kappa shape index (κ2) is 4.14. The van der Waals surface area contributed by atoms with E-state index in [1.54, 1.807) is 0 Å². The van der Waals surface area contributed by atoms with Crippen molar-refractivity contribution < 1.29 is 9.47 Å². The van der Waals surface area contributed by atoms with Crippen molar-refractivity contribution in [1.82, 2.24) is 5.43 Å². The van der Waals surface area contributed by atoms with Gasteiger partial charge in [0.25, 0.3) is 0 Å².